The van der Waals surface area contributed by atoms with Crippen LogP contribution in [0.3, 0.4) is 0 Å². The lowest BCUT2D eigenvalue weighted by atomic mass is 9.99. The summed E-state index contributed by atoms with van der Waals surface area (Å²) < 4.78 is 0. The first-order chi connectivity index (χ1) is 11.8. The van der Waals surface area contributed by atoms with Crippen molar-refractivity contribution in [3.63, 3.8) is 0 Å². The molecule has 24 heavy (non-hydrogen) atoms. The Morgan fingerprint density at radius 1 is 1.21 bits per heavy atom. The third-order valence-electron chi connectivity index (χ3n) is 4.38. The summed E-state index contributed by atoms with van der Waals surface area (Å²) in [5.41, 5.74) is 3.59. The molecule has 1 unspecified atom stereocenters. The topological polar surface area (TPSA) is 82.7 Å². The molecule has 1 amide bonds. The average Bonchev–Trinajstić information content (AvgIpc) is 3.07. The lowest BCUT2D eigenvalue weighted by Gasteiger charge is -2.21. The molecule has 0 aliphatic carbocycles. The first-order valence-electron chi connectivity index (χ1n) is 8.21. The number of amides is 1. The third kappa shape index (κ3) is 3.00. The number of nitrogens with zero attached hydrogens (tertiary/aromatic N) is 2. The fourth-order valence-corrected chi connectivity index (χ4v) is 3.02. The normalized spacial score (nSPS) is 17.8. The average molecular weight is 321 g/mol. The predicted molar refractivity (Wildman–Crippen MR) is 93.5 cm³/mol. The van der Waals surface area contributed by atoms with Crippen LogP contribution in [0, 0.1) is 5.92 Å². The summed E-state index contributed by atoms with van der Waals surface area (Å²) >= 11 is 0. The van der Waals surface area contributed by atoms with Gasteiger partial charge in [0.05, 0.1) is 23.1 Å². The number of aromatic nitrogens is 3. The lowest BCUT2D eigenvalue weighted by molar-refractivity contribution is -0.120. The highest BCUT2D eigenvalue weighted by Gasteiger charge is 2.20. The van der Waals surface area contributed by atoms with Crippen LogP contribution in [0.2, 0.25) is 0 Å². The number of carbonyl (C=O) groups excluding carboxylic acids is 1. The number of aromatic amines is 1. The summed E-state index contributed by atoms with van der Waals surface area (Å²) in [6.07, 6.45) is 5.49. The Labute approximate surface area is 139 Å². The molecule has 0 spiro atoms. The second-order valence-corrected chi connectivity index (χ2v) is 6.09. The number of rotatable bonds is 3. The molecule has 0 radical (unpaired) electrons. The highest BCUT2D eigenvalue weighted by Crippen LogP contribution is 2.22. The molecule has 3 N–H and O–H groups in total. The van der Waals surface area contributed by atoms with Crippen molar-refractivity contribution in [3.8, 4) is 11.4 Å². The summed E-state index contributed by atoms with van der Waals surface area (Å²) in [7, 11) is 0. The predicted octanol–water partition coefficient (Wildman–Crippen LogP) is 2.56. The Bertz CT molecular complexity index is 816. The van der Waals surface area contributed by atoms with Gasteiger partial charge in [-0.1, -0.05) is 0 Å². The van der Waals surface area contributed by atoms with Crippen molar-refractivity contribution in [1.29, 1.82) is 0 Å². The molecule has 6 nitrogen and oxygen atoms in total. The van der Waals surface area contributed by atoms with E-state index in [4.69, 9.17) is 0 Å². The van der Waals surface area contributed by atoms with Crippen LogP contribution in [0.5, 0.6) is 0 Å². The summed E-state index contributed by atoms with van der Waals surface area (Å²) in [5.74, 6) is 0.943. The van der Waals surface area contributed by atoms with Gasteiger partial charge in [-0.3, -0.25) is 9.78 Å². The molecule has 3 aromatic rings. The number of hydrogen-bond donors (Lipinski definition) is 3. The van der Waals surface area contributed by atoms with E-state index >= 15 is 0 Å². The number of carbonyl (C=O) groups is 1. The number of anilines is 1. The maximum Gasteiger partial charge on any atom is 0.228 e. The van der Waals surface area contributed by atoms with Crippen molar-refractivity contribution in [3.05, 3.63) is 42.7 Å². The maximum absolute atomic E-state index is 12.3. The molecule has 1 aromatic carbocycles. The highest BCUT2D eigenvalue weighted by atomic mass is 16.1. The molecule has 6 heteroatoms. The first kappa shape index (κ1) is 14.8. The lowest BCUT2D eigenvalue weighted by Crippen LogP contribution is -2.37. The molecular weight excluding hydrogens is 302 g/mol. The highest BCUT2D eigenvalue weighted by molar-refractivity contribution is 5.93. The van der Waals surface area contributed by atoms with Gasteiger partial charge in [-0.25, -0.2) is 4.98 Å². The Hall–Kier alpha value is -2.73. The van der Waals surface area contributed by atoms with E-state index < -0.39 is 0 Å². The minimum absolute atomic E-state index is 0.0568. The Morgan fingerprint density at radius 2 is 2.08 bits per heavy atom. The van der Waals surface area contributed by atoms with Crippen molar-refractivity contribution in [1.82, 2.24) is 20.3 Å². The van der Waals surface area contributed by atoms with E-state index in [9.17, 15) is 4.79 Å². The SMILES string of the molecule is O=C(Nc1ccc(-c2nc3ccncc3[nH]2)cc1)C1CCCNC1. The molecule has 2 aromatic heterocycles. The van der Waals surface area contributed by atoms with Crippen LogP contribution < -0.4 is 10.6 Å². The number of hydrogen-bond acceptors (Lipinski definition) is 4. The van der Waals surface area contributed by atoms with Gasteiger partial charge in [0.25, 0.3) is 0 Å². The van der Waals surface area contributed by atoms with E-state index in [1.165, 1.54) is 0 Å². The van der Waals surface area contributed by atoms with Crippen molar-refractivity contribution in [2.45, 2.75) is 12.8 Å². The van der Waals surface area contributed by atoms with Gasteiger partial charge in [0, 0.05) is 24.0 Å². The Kier molecular flexibility index (Phi) is 3.96. The fourth-order valence-electron chi connectivity index (χ4n) is 3.02. The summed E-state index contributed by atoms with van der Waals surface area (Å²) in [6.45, 7) is 1.77. The zero-order valence-corrected chi connectivity index (χ0v) is 13.2. The van der Waals surface area contributed by atoms with E-state index in [0.29, 0.717) is 0 Å². The van der Waals surface area contributed by atoms with Crippen molar-refractivity contribution >= 4 is 22.6 Å². The third-order valence-corrected chi connectivity index (χ3v) is 4.38. The van der Waals surface area contributed by atoms with Gasteiger partial charge < -0.3 is 15.6 Å². The van der Waals surface area contributed by atoms with Gasteiger partial charge >= 0.3 is 0 Å². The van der Waals surface area contributed by atoms with Crippen molar-refractivity contribution < 1.29 is 4.79 Å². The molecule has 0 saturated carbocycles. The van der Waals surface area contributed by atoms with Gasteiger partial charge in [-0.15, -0.1) is 0 Å². The van der Waals surface area contributed by atoms with E-state index in [1.54, 1.807) is 12.4 Å². The minimum atomic E-state index is 0.0568. The van der Waals surface area contributed by atoms with Crippen LogP contribution in [0.4, 0.5) is 5.69 Å². The second kappa shape index (κ2) is 6.41. The number of nitrogens with one attached hydrogen (secondary N) is 3. The zero-order chi connectivity index (χ0) is 16.4. The van der Waals surface area contributed by atoms with E-state index in [1.807, 2.05) is 30.3 Å². The van der Waals surface area contributed by atoms with Crippen LogP contribution in [0.1, 0.15) is 12.8 Å². The molecule has 0 bridgehead atoms. The van der Waals surface area contributed by atoms with Gasteiger partial charge in [0.1, 0.15) is 5.82 Å². The monoisotopic (exact) mass is 321 g/mol. The number of H-pyrrole nitrogens is 1. The first-order valence-corrected chi connectivity index (χ1v) is 8.21. The van der Waals surface area contributed by atoms with Crippen LogP contribution >= 0.6 is 0 Å². The molecule has 1 aliphatic rings. The van der Waals surface area contributed by atoms with Gasteiger partial charge in [0.2, 0.25) is 5.91 Å². The Morgan fingerprint density at radius 3 is 2.83 bits per heavy atom. The molecule has 1 fully saturated rings. The number of imidazole rings is 1. The quantitative estimate of drug-likeness (QED) is 0.692. The molecule has 122 valence electrons. The minimum Gasteiger partial charge on any atom is -0.337 e. The van der Waals surface area contributed by atoms with E-state index in [-0.39, 0.29) is 11.8 Å². The molecule has 4 rings (SSSR count). The van der Waals surface area contributed by atoms with Crippen LogP contribution in [-0.4, -0.2) is 33.9 Å². The van der Waals surface area contributed by atoms with Gasteiger partial charge in [-0.05, 0) is 49.7 Å². The Balaban J connectivity index is 1.48. The van der Waals surface area contributed by atoms with Crippen molar-refractivity contribution in [2.75, 3.05) is 18.4 Å². The molecular formula is C18H19N5O. The van der Waals surface area contributed by atoms with Crippen LogP contribution in [-0.2, 0) is 4.79 Å². The molecule has 3 heterocycles. The second-order valence-electron chi connectivity index (χ2n) is 6.09. The van der Waals surface area contributed by atoms with Crippen molar-refractivity contribution in [2.24, 2.45) is 5.92 Å². The van der Waals surface area contributed by atoms with Crippen LogP contribution in [0.15, 0.2) is 42.7 Å². The zero-order valence-electron chi connectivity index (χ0n) is 13.2. The molecule has 1 atom stereocenters. The molecule has 1 aliphatic heterocycles. The van der Waals surface area contributed by atoms with Gasteiger partial charge in [0.15, 0.2) is 0 Å². The maximum atomic E-state index is 12.3. The number of pyridine rings is 1. The summed E-state index contributed by atoms with van der Waals surface area (Å²) in [5, 5.41) is 6.26. The smallest absolute Gasteiger partial charge is 0.228 e. The van der Waals surface area contributed by atoms with Gasteiger partial charge in [-0.2, -0.15) is 0 Å². The molecule has 1 saturated heterocycles. The summed E-state index contributed by atoms with van der Waals surface area (Å²) in [4.78, 5) is 24.2. The standard InChI is InChI=1S/C18H19N5O/c24-18(13-2-1-8-19-10-13)21-14-5-3-12(4-6-14)17-22-15-7-9-20-11-16(15)23-17/h3-7,9,11,13,19H,1-2,8,10H2,(H,21,24)(H,22,23). The fraction of sp³-hybridized carbons (Fsp3) is 0.278. The number of benzene rings is 1. The largest absolute Gasteiger partial charge is 0.337 e. The number of piperidine rings is 1. The van der Waals surface area contributed by atoms with E-state index in [2.05, 4.69) is 25.6 Å². The van der Waals surface area contributed by atoms with E-state index in [0.717, 1.165) is 54.0 Å². The van der Waals surface area contributed by atoms with Crippen LogP contribution in [0.25, 0.3) is 22.4 Å². The summed E-state index contributed by atoms with van der Waals surface area (Å²) in [6, 6.07) is 9.62. The number of fused-ring (bicyclic) bond motifs is 1.